The standard InChI is InChI=1S/C53H38BN3/c1-31-21-24-33(25-22-31)57-48-30-42-38(34-13-5-9-17-41(34)53(42,3)4)28-39(48)40-29-49(55-44-18-10-6-14-35(44)36-15-7-11-19-45(36)55)50-37-16-8-12-20-46(37)56-47-26-23-32(2)27-43(47)54(57)51(40)52(50)56/h5-30H,1-4H3. The molecule has 2 aromatic heterocycles. The van der Waals surface area contributed by atoms with Crippen molar-refractivity contribution in [3.63, 3.8) is 0 Å². The third-order valence-corrected chi connectivity index (χ3v) is 13.6. The van der Waals surface area contributed by atoms with Gasteiger partial charge in [0.15, 0.2) is 0 Å². The van der Waals surface area contributed by atoms with Crippen LogP contribution in [0.5, 0.6) is 0 Å². The predicted octanol–water partition coefficient (Wildman–Crippen LogP) is 12.0. The van der Waals surface area contributed by atoms with Crippen molar-refractivity contribution < 1.29 is 0 Å². The topological polar surface area (TPSA) is 13.1 Å². The molecule has 10 aromatic rings. The molecule has 57 heavy (non-hydrogen) atoms. The van der Waals surface area contributed by atoms with Gasteiger partial charge in [-0.1, -0.05) is 128 Å². The number of hydrogen-bond acceptors (Lipinski definition) is 1. The van der Waals surface area contributed by atoms with Crippen LogP contribution in [-0.2, 0) is 5.41 Å². The summed E-state index contributed by atoms with van der Waals surface area (Å²) < 4.78 is 5.14. The summed E-state index contributed by atoms with van der Waals surface area (Å²) in [5, 5.41) is 5.12. The lowest BCUT2D eigenvalue weighted by atomic mass is 9.43. The van der Waals surface area contributed by atoms with Crippen molar-refractivity contribution in [2.24, 2.45) is 0 Å². The lowest BCUT2D eigenvalue weighted by molar-refractivity contribution is 0.660. The Morgan fingerprint density at radius 3 is 1.82 bits per heavy atom. The Kier molecular flexibility index (Phi) is 5.92. The van der Waals surface area contributed by atoms with Gasteiger partial charge in [-0.2, -0.15) is 0 Å². The first-order valence-corrected chi connectivity index (χ1v) is 20.2. The first-order chi connectivity index (χ1) is 27.9. The summed E-state index contributed by atoms with van der Waals surface area (Å²) in [4.78, 5) is 2.68. The molecule has 0 spiro atoms. The maximum Gasteiger partial charge on any atom is 0.333 e. The minimum Gasteiger partial charge on any atom is -0.376 e. The highest BCUT2D eigenvalue weighted by molar-refractivity contribution is 6.93. The molecule has 3 aliphatic rings. The Labute approximate surface area is 332 Å². The molecule has 0 N–H and O–H groups in total. The quantitative estimate of drug-likeness (QED) is 0.162. The van der Waals surface area contributed by atoms with E-state index in [1.165, 1.54) is 122 Å². The molecule has 268 valence electrons. The summed E-state index contributed by atoms with van der Waals surface area (Å²) in [5.74, 6) is 0. The largest absolute Gasteiger partial charge is 0.376 e. The molecular formula is C53H38BN3. The van der Waals surface area contributed by atoms with Crippen molar-refractivity contribution >= 4 is 72.8 Å². The molecule has 0 saturated heterocycles. The van der Waals surface area contributed by atoms with Gasteiger partial charge in [0.2, 0.25) is 0 Å². The Hall–Kier alpha value is -6.78. The normalized spacial score (nSPS) is 14.4. The zero-order valence-corrected chi connectivity index (χ0v) is 32.4. The van der Waals surface area contributed by atoms with Crippen LogP contribution >= 0.6 is 0 Å². The number of fused-ring (bicyclic) bond motifs is 14. The van der Waals surface area contributed by atoms with Gasteiger partial charge in [-0.25, -0.2) is 0 Å². The zero-order valence-electron chi connectivity index (χ0n) is 32.4. The fourth-order valence-electron chi connectivity index (χ4n) is 11.1. The Bertz CT molecular complexity index is 3360. The van der Waals surface area contributed by atoms with Crippen LogP contribution in [0.2, 0.25) is 0 Å². The minimum atomic E-state index is -0.133. The van der Waals surface area contributed by atoms with E-state index in [1.807, 2.05) is 0 Å². The smallest absolute Gasteiger partial charge is 0.333 e. The third-order valence-electron chi connectivity index (χ3n) is 13.6. The molecule has 8 aromatic carbocycles. The van der Waals surface area contributed by atoms with Crippen LogP contribution in [0, 0.1) is 13.8 Å². The molecule has 0 fully saturated rings. The fraction of sp³-hybridized carbons (Fsp3) is 0.0943. The van der Waals surface area contributed by atoms with E-state index in [1.54, 1.807) is 0 Å². The van der Waals surface area contributed by atoms with Gasteiger partial charge in [-0.05, 0) is 107 Å². The molecule has 0 atom stereocenters. The highest BCUT2D eigenvalue weighted by Gasteiger charge is 2.46. The van der Waals surface area contributed by atoms with Gasteiger partial charge in [-0.15, -0.1) is 0 Å². The van der Waals surface area contributed by atoms with Gasteiger partial charge in [0.25, 0.3) is 0 Å². The van der Waals surface area contributed by atoms with Crippen LogP contribution in [0.15, 0.2) is 158 Å². The van der Waals surface area contributed by atoms with Crippen molar-refractivity contribution in [1.29, 1.82) is 0 Å². The molecule has 2 aliphatic heterocycles. The number of anilines is 2. The van der Waals surface area contributed by atoms with Crippen molar-refractivity contribution in [2.45, 2.75) is 33.1 Å². The van der Waals surface area contributed by atoms with E-state index in [-0.39, 0.29) is 12.3 Å². The van der Waals surface area contributed by atoms with Crippen molar-refractivity contribution in [3.8, 4) is 33.6 Å². The van der Waals surface area contributed by atoms with Crippen molar-refractivity contribution in [1.82, 2.24) is 9.13 Å². The van der Waals surface area contributed by atoms with Gasteiger partial charge < -0.3 is 13.9 Å². The first-order valence-electron chi connectivity index (χ1n) is 20.2. The molecule has 0 radical (unpaired) electrons. The average molecular weight is 728 g/mol. The van der Waals surface area contributed by atoms with Crippen molar-refractivity contribution in [2.75, 3.05) is 4.81 Å². The molecule has 1 aliphatic carbocycles. The van der Waals surface area contributed by atoms with E-state index in [0.717, 1.165) is 0 Å². The monoisotopic (exact) mass is 727 g/mol. The maximum atomic E-state index is 2.68. The van der Waals surface area contributed by atoms with Gasteiger partial charge >= 0.3 is 6.85 Å². The molecular weight excluding hydrogens is 689 g/mol. The van der Waals surface area contributed by atoms with Gasteiger partial charge in [0.05, 0.1) is 27.8 Å². The molecule has 3 nitrogen and oxygen atoms in total. The van der Waals surface area contributed by atoms with Crippen LogP contribution in [0.3, 0.4) is 0 Å². The van der Waals surface area contributed by atoms with Crippen LogP contribution in [0.1, 0.15) is 36.1 Å². The summed E-state index contributed by atoms with van der Waals surface area (Å²) in [6.45, 7) is 9.19. The molecule has 4 heteroatoms. The highest BCUT2D eigenvalue weighted by Crippen LogP contribution is 2.55. The third kappa shape index (κ3) is 3.88. The number of para-hydroxylation sites is 3. The maximum absolute atomic E-state index is 2.68. The molecule has 0 amide bonds. The lowest BCUT2D eigenvalue weighted by Gasteiger charge is -2.43. The van der Waals surface area contributed by atoms with Gasteiger partial charge in [0, 0.05) is 49.6 Å². The molecule has 0 bridgehead atoms. The Morgan fingerprint density at radius 1 is 0.456 bits per heavy atom. The summed E-state index contributed by atoms with van der Waals surface area (Å²) in [7, 11) is 0. The Balaban J connectivity index is 1.27. The minimum absolute atomic E-state index is 0.0402. The van der Waals surface area contributed by atoms with Gasteiger partial charge in [0.1, 0.15) is 0 Å². The number of aryl methyl sites for hydroxylation is 2. The van der Waals surface area contributed by atoms with Crippen LogP contribution < -0.4 is 15.7 Å². The second-order valence-electron chi connectivity index (χ2n) is 17.1. The van der Waals surface area contributed by atoms with Crippen molar-refractivity contribution in [3.05, 3.63) is 180 Å². The van der Waals surface area contributed by atoms with E-state index < -0.39 is 0 Å². The average Bonchev–Trinajstić information content (AvgIpc) is 3.84. The molecule has 0 unspecified atom stereocenters. The number of benzene rings is 8. The van der Waals surface area contributed by atoms with E-state index in [4.69, 9.17) is 0 Å². The molecule has 0 saturated carbocycles. The first kappa shape index (κ1) is 31.4. The summed E-state index contributed by atoms with van der Waals surface area (Å²) in [5.41, 5.74) is 23.1. The van der Waals surface area contributed by atoms with E-state index >= 15 is 0 Å². The molecule has 13 rings (SSSR count). The van der Waals surface area contributed by atoms with Gasteiger partial charge in [-0.3, -0.25) is 0 Å². The summed E-state index contributed by atoms with van der Waals surface area (Å²) >= 11 is 0. The number of rotatable bonds is 2. The summed E-state index contributed by atoms with van der Waals surface area (Å²) in [6, 6.07) is 60.0. The second kappa shape index (κ2) is 10.7. The number of aromatic nitrogens is 2. The fourth-order valence-corrected chi connectivity index (χ4v) is 11.1. The second-order valence-corrected chi connectivity index (χ2v) is 17.1. The Morgan fingerprint density at radius 2 is 1.09 bits per heavy atom. The SMILES string of the molecule is Cc1ccc(N2B3c4cc(C)ccc4-n4c5ccccc5c5c(-n6c7ccccc7c7ccccc76)cc(c3c54)-c3cc4c(cc32)C(C)(C)c2ccccc2-4)cc1. The van der Waals surface area contributed by atoms with E-state index in [2.05, 4.69) is 199 Å². The van der Waals surface area contributed by atoms with Crippen LogP contribution in [0.25, 0.3) is 77.2 Å². The number of hydrogen-bond donors (Lipinski definition) is 0. The van der Waals surface area contributed by atoms with Crippen LogP contribution in [-0.4, -0.2) is 16.0 Å². The van der Waals surface area contributed by atoms with Crippen LogP contribution in [0.4, 0.5) is 11.4 Å². The van der Waals surface area contributed by atoms with E-state index in [9.17, 15) is 0 Å². The number of nitrogens with zero attached hydrogens (tertiary/aromatic N) is 3. The van der Waals surface area contributed by atoms with E-state index in [0.29, 0.717) is 0 Å². The zero-order chi connectivity index (χ0) is 37.9. The highest BCUT2D eigenvalue weighted by atomic mass is 15.1. The lowest BCUT2D eigenvalue weighted by Crippen LogP contribution is -2.60. The molecule has 4 heterocycles. The summed E-state index contributed by atoms with van der Waals surface area (Å²) in [6.07, 6.45) is 0. The predicted molar refractivity (Wildman–Crippen MR) is 241 cm³/mol.